The van der Waals surface area contributed by atoms with Crippen LogP contribution in [0.4, 0.5) is 18.0 Å². The molecule has 0 aromatic heterocycles. The van der Waals surface area contributed by atoms with E-state index in [1.807, 2.05) is 0 Å². The van der Waals surface area contributed by atoms with Crippen LogP contribution in [0, 0.1) is 0 Å². The van der Waals surface area contributed by atoms with Gasteiger partial charge in [0.15, 0.2) is 0 Å². The van der Waals surface area contributed by atoms with E-state index >= 15 is 0 Å². The Morgan fingerprint density at radius 1 is 1.24 bits per heavy atom. The minimum absolute atomic E-state index is 0.106. The fourth-order valence-corrected chi connectivity index (χ4v) is 2.61. The van der Waals surface area contributed by atoms with Gasteiger partial charge in [-0.3, -0.25) is 4.79 Å². The van der Waals surface area contributed by atoms with E-state index in [2.05, 4.69) is 21.2 Å². The molecule has 2 amide bonds. The number of nitrogens with zero attached hydrogens (tertiary/aromatic N) is 1. The van der Waals surface area contributed by atoms with E-state index in [9.17, 15) is 22.8 Å². The monoisotopic (exact) mass is 422 g/mol. The summed E-state index contributed by atoms with van der Waals surface area (Å²) in [7, 11) is 0. The first kappa shape index (κ1) is 19.6. The van der Waals surface area contributed by atoms with Crippen molar-refractivity contribution in [2.24, 2.45) is 0 Å². The third kappa shape index (κ3) is 5.10. The number of alkyl halides is 3. The Hall–Kier alpha value is -1.77. The van der Waals surface area contributed by atoms with Crippen LogP contribution in [-0.2, 0) is 10.9 Å². The molecule has 1 aliphatic heterocycles. The number of likely N-dealkylation sites (tertiary alicyclic amines) is 1. The first-order valence-electron chi connectivity index (χ1n) is 7.52. The zero-order chi connectivity index (χ0) is 19.0. The number of halogens is 4. The quantitative estimate of drug-likeness (QED) is 0.787. The predicted octanol–water partition coefficient (Wildman–Crippen LogP) is 3.82. The number of benzene rings is 1. The SMILES string of the molecule is CC(C)(C)OC(=O)N1CC(NC(=O)c2cc(C(F)(F)F)ccc2Br)C1. The molecule has 0 aliphatic carbocycles. The molecule has 0 atom stereocenters. The van der Waals surface area contributed by atoms with Crippen LogP contribution in [0.2, 0.25) is 0 Å². The molecule has 25 heavy (non-hydrogen) atoms. The van der Waals surface area contributed by atoms with E-state index in [0.29, 0.717) is 0 Å². The van der Waals surface area contributed by atoms with Gasteiger partial charge in [0.25, 0.3) is 5.91 Å². The molecule has 0 bridgehead atoms. The minimum atomic E-state index is -4.53. The van der Waals surface area contributed by atoms with Crippen LogP contribution >= 0.6 is 15.9 Å². The number of nitrogens with one attached hydrogen (secondary N) is 1. The normalized spacial score (nSPS) is 15.6. The van der Waals surface area contributed by atoms with Crippen molar-refractivity contribution in [3.05, 3.63) is 33.8 Å². The molecule has 0 spiro atoms. The summed E-state index contributed by atoms with van der Waals surface area (Å²) in [5, 5.41) is 2.61. The maximum absolute atomic E-state index is 12.8. The van der Waals surface area contributed by atoms with Gasteiger partial charge in [0, 0.05) is 17.6 Å². The number of amides is 2. The topological polar surface area (TPSA) is 58.6 Å². The molecule has 1 aliphatic rings. The highest BCUT2D eigenvalue weighted by molar-refractivity contribution is 9.10. The van der Waals surface area contributed by atoms with Crippen molar-refractivity contribution in [3.63, 3.8) is 0 Å². The maximum atomic E-state index is 12.8. The Morgan fingerprint density at radius 3 is 2.36 bits per heavy atom. The molecule has 138 valence electrons. The van der Waals surface area contributed by atoms with Crippen LogP contribution in [0.5, 0.6) is 0 Å². The molecular formula is C16H18BrF3N2O3. The lowest BCUT2D eigenvalue weighted by molar-refractivity contribution is -0.137. The summed E-state index contributed by atoms with van der Waals surface area (Å²) in [6.07, 6.45) is -5.02. The molecule has 0 radical (unpaired) electrons. The zero-order valence-corrected chi connectivity index (χ0v) is 15.5. The van der Waals surface area contributed by atoms with Crippen molar-refractivity contribution < 1.29 is 27.5 Å². The molecule has 1 aromatic rings. The Balaban J connectivity index is 1.95. The average Bonchev–Trinajstić information content (AvgIpc) is 2.39. The molecule has 1 fully saturated rings. The molecule has 5 nitrogen and oxygen atoms in total. The number of carbonyl (C=O) groups is 2. The second kappa shape index (κ2) is 6.86. The smallest absolute Gasteiger partial charge is 0.416 e. The molecule has 1 N–H and O–H groups in total. The molecule has 2 rings (SSSR count). The van der Waals surface area contributed by atoms with Gasteiger partial charge in [0.05, 0.1) is 17.2 Å². The molecule has 1 aromatic carbocycles. The Labute approximate surface area is 151 Å². The van der Waals surface area contributed by atoms with Crippen molar-refractivity contribution in [2.45, 2.75) is 38.6 Å². The number of ether oxygens (including phenoxy) is 1. The van der Waals surface area contributed by atoms with E-state index < -0.39 is 29.3 Å². The van der Waals surface area contributed by atoms with Crippen molar-refractivity contribution in [1.82, 2.24) is 10.2 Å². The van der Waals surface area contributed by atoms with E-state index in [-0.39, 0.29) is 29.2 Å². The van der Waals surface area contributed by atoms with Crippen LogP contribution in [0.3, 0.4) is 0 Å². The summed E-state index contributed by atoms with van der Waals surface area (Å²) >= 11 is 3.08. The summed E-state index contributed by atoms with van der Waals surface area (Å²) in [4.78, 5) is 25.4. The lowest BCUT2D eigenvalue weighted by Gasteiger charge is -2.40. The van der Waals surface area contributed by atoms with Gasteiger partial charge in [-0.05, 0) is 54.9 Å². The molecule has 1 heterocycles. The highest BCUT2D eigenvalue weighted by Gasteiger charge is 2.36. The van der Waals surface area contributed by atoms with Crippen LogP contribution in [-0.4, -0.2) is 41.6 Å². The summed E-state index contributed by atoms with van der Waals surface area (Å²) < 4.78 is 43.8. The van der Waals surface area contributed by atoms with Gasteiger partial charge < -0.3 is 15.0 Å². The van der Waals surface area contributed by atoms with Crippen LogP contribution in [0.25, 0.3) is 0 Å². The number of hydrogen-bond acceptors (Lipinski definition) is 3. The van der Waals surface area contributed by atoms with Gasteiger partial charge >= 0.3 is 12.3 Å². The van der Waals surface area contributed by atoms with Crippen LogP contribution < -0.4 is 5.32 Å². The maximum Gasteiger partial charge on any atom is 0.416 e. The standard InChI is InChI=1S/C16H18BrF3N2O3/c1-15(2,3)25-14(24)22-7-10(8-22)21-13(23)11-6-9(16(18,19)20)4-5-12(11)17/h4-6,10H,7-8H2,1-3H3,(H,21,23). The lowest BCUT2D eigenvalue weighted by atomic mass is 10.1. The second-order valence-electron chi connectivity index (χ2n) is 6.75. The van der Waals surface area contributed by atoms with Gasteiger partial charge in [-0.15, -0.1) is 0 Å². The van der Waals surface area contributed by atoms with Gasteiger partial charge in [-0.25, -0.2) is 4.79 Å². The van der Waals surface area contributed by atoms with Gasteiger partial charge in [0.2, 0.25) is 0 Å². The summed E-state index contributed by atoms with van der Waals surface area (Å²) in [5.74, 6) is -0.633. The van der Waals surface area contributed by atoms with E-state index in [1.165, 1.54) is 11.0 Å². The molecular weight excluding hydrogens is 405 g/mol. The Kier molecular flexibility index (Phi) is 5.36. The first-order chi connectivity index (χ1) is 11.4. The molecule has 0 unspecified atom stereocenters. The zero-order valence-electron chi connectivity index (χ0n) is 13.9. The summed E-state index contributed by atoms with van der Waals surface area (Å²) in [5.41, 5.74) is -1.62. The van der Waals surface area contributed by atoms with Crippen LogP contribution in [0.15, 0.2) is 22.7 Å². The number of rotatable bonds is 2. The van der Waals surface area contributed by atoms with Crippen molar-refractivity contribution in [2.75, 3.05) is 13.1 Å². The largest absolute Gasteiger partial charge is 0.444 e. The third-order valence-electron chi connectivity index (χ3n) is 3.41. The third-order valence-corrected chi connectivity index (χ3v) is 4.10. The van der Waals surface area contributed by atoms with Gasteiger partial charge in [0.1, 0.15) is 5.60 Å². The van der Waals surface area contributed by atoms with Crippen molar-refractivity contribution >= 4 is 27.9 Å². The minimum Gasteiger partial charge on any atom is -0.444 e. The fourth-order valence-electron chi connectivity index (χ4n) is 2.18. The molecule has 1 saturated heterocycles. The van der Waals surface area contributed by atoms with Crippen LogP contribution in [0.1, 0.15) is 36.7 Å². The lowest BCUT2D eigenvalue weighted by Crippen LogP contribution is -2.61. The Morgan fingerprint density at radius 2 is 1.84 bits per heavy atom. The molecule has 9 heteroatoms. The van der Waals surface area contributed by atoms with E-state index in [1.54, 1.807) is 20.8 Å². The van der Waals surface area contributed by atoms with Crippen molar-refractivity contribution in [1.29, 1.82) is 0 Å². The highest BCUT2D eigenvalue weighted by Crippen LogP contribution is 2.32. The first-order valence-corrected chi connectivity index (χ1v) is 8.31. The average molecular weight is 423 g/mol. The Bertz CT molecular complexity index is 680. The second-order valence-corrected chi connectivity index (χ2v) is 7.60. The fraction of sp³-hybridized carbons (Fsp3) is 0.500. The van der Waals surface area contributed by atoms with Gasteiger partial charge in [-0.2, -0.15) is 13.2 Å². The van der Waals surface area contributed by atoms with Crippen molar-refractivity contribution in [3.8, 4) is 0 Å². The van der Waals surface area contributed by atoms with E-state index in [0.717, 1.165) is 12.1 Å². The highest BCUT2D eigenvalue weighted by atomic mass is 79.9. The predicted molar refractivity (Wildman–Crippen MR) is 88.2 cm³/mol. The summed E-state index contributed by atoms with van der Waals surface area (Å²) in [6, 6.07) is 2.55. The number of hydrogen-bond donors (Lipinski definition) is 1. The van der Waals surface area contributed by atoms with E-state index in [4.69, 9.17) is 4.74 Å². The summed E-state index contributed by atoms with van der Waals surface area (Å²) in [6.45, 7) is 5.73. The van der Waals surface area contributed by atoms with Gasteiger partial charge in [-0.1, -0.05) is 0 Å². The molecule has 0 saturated carbocycles. The number of carbonyl (C=O) groups excluding carboxylic acids is 2.